The lowest BCUT2D eigenvalue weighted by Gasteiger charge is -2.34. The first-order valence-electron chi connectivity index (χ1n) is 10.4. The number of nitrogens with zero attached hydrogens (tertiary/aromatic N) is 2. The van der Waals surface area contributed by atoms with Gasteiger partial charge in [0.2, 0.25) is 0 Å². The molecule has 0 saturated carbocycles. The van der Waals surface area contributed by atoms with Crippen LogP contribution in [0.1, 0.15) is 50.7 Å². The number of phenols is 1. The van der Waals surface area contributed by atoms with Gasteiger partial charge in [0.05, 0.1) is 5.70 Å². The van der Waals surface area contributed by atoms with Gasteiger partial charge in [-0.25, -0.2) is 9.38 Å². The number of aliphatic imine (C=N–C) groups is 1. The second kappa shape index (κ2) is 9.55. The lowest BCUT2D eigenvalue weighted by molar-refractivity contribution is 0.430. The van der Waals surface area contributed by atoms with Gasteiger partial charge in [0.15, 0.2) is 11.6 Å². The van der Waals surface area contributed by atoms with Crippen molar-refractivity contribution in [3.8, 4) is 5.75 Å². The summed E-state index contributed by atoms with van der Waals surface area (Å²) in [6, 6.07) is 14.9. The van der Waals surface area contributed by atoms with Crippen LogP contribution in [0.2, 0.25) is 0 Å². The summed E-state index contributed by atoms with van der Waals surface area (Å²) in [5.74, 6) is -0.0797. The van der Waals surface area contributed by atoms with Gasteiger partial charge in [-0.05, 0) is 37.0 Å². The van der Waals surface area contributed by atoms with Gasteiger partial charge in [0.1, 0.15) is 5.84 Å². The van der Waals surface area contributed by atoms with Crippen molar-refractivity contribution in [1.29, 1.82) is 0 Å². The third-order valence-corrected chi connectivity index (χ3v) is 5.31. The molecule has 1 heterocycles. The Kier molecular flexibility index (Phi) is 6.86. The molecule has 0 aromatic heterocycles. The number of allylic oxidation sites excluding steroid dienone is 1. The summed E-state index contributed by atoms with van der Waals surface area (Å²) in [6.45, 7) is 9.46. The minimum atomic E-state index is -0.635. The van der Waals surface area contributed by atoms with Crippen molar-refractivity contribution in [2.24, 2.45) is 4.99 Å². The van der Waals surface area contributed by atoms with E-state index in [9.17, 15) is 9.50 Å². The summed E-state index contributed by atoms with van der Waals surface area (Å²) >= 11 is 0. The number of aromatic hydroxyl groups is 1. The number of benzene rings is 2. The second-order valence-corrected chi connectivity index (χ2v) is 7.28. The third-order valence-electron chi connectivity index (χ3n) is 5.31. The van der Waals surface area contributed by atoms with Crippen molar-refractivity contribution >= 4 is 11.5 Å². The molecule has 3 nitrogen and oxygen atoms in total. The van der Waals surface area contributed by atoms with E-state index < -0.39 is 5.82 Å². The van der Waals surface area contributed by atoms with E-state index in [1.54, 1.807) is 12.1 Å². The third kappa shape index (κ3) is 4.58. The number of hydrogen-bond acceptors (Lipinski definition) is 3. The first-order valence-corrected chi connectivity index (χ1v) is 10.4. The van der Waals surface area contributed by atoms with Crippen LogP contribution in [0.4, 0.5) is 4.39 Å². The van der Waals surface area contributed by atoms with Crippen molar-refractivity contribution in [3.05, 3.63) is 83.3 Å². The van der Waals surface area contributed by atoms with Crippen LogP contribution < -0.4 is 0 Å². The topological polar surface area (TPSA) is 35.8 Å². The van der Waals surface area contributed by atoms with Crippen molar-refractivity contribution in [2.45, 2.75) is 46.0 Å². The molecule has 1 N–H and O–H groups in total. The second-order valence-electron chi connectivity index (χ2n) is 7.28. The van der Waals surface area contributed by atoms with Crippen LogP contribution in [0.3, 0.4) is 0 Å². The Bertz CT molecular complexity index is 931. The lowest BCUT2D eigenvalue weighted by atomic mass is 9.94. The molecule has 0 aliphatic carbocycles. The lowest BCUT2D eigenvalue weighted by Crippen LogP contribution is -2.34. The van der Waals surface area contributed by atoms with Crippen LogP contribution in [0, 0.1) is 5.82 Å². The molecule has 0 atom stereocenters. The molecule has 0 saturated heterocycles. The zero-order chi connectivity index (χ0) is 20.8. The fraction of sp³-hybridized carbons (Fsp3) is 0.320. The van der Waals surface area contributed by atoms with E-state index in [-0.39, 0.29) is 5.75 Å². The Morgan fingerprint density at radius 2 is 1.79 bits per heavy atom. The molecule has 1 aliphatic rings. The first kappa shape index (κ1) is 20.8. The van der Waals surface area contributed by atoms with Gasteiger partial charge in [0, 0.05) is 29.8 Å². The summed E-state index contributed by atoms with van der Waals surface area (Å²) in [5.41, 5.74) is 4.15. The molecule has 0 bridgehead atoms. The van der Waals surface area contributed by atoms with Crippen LogP contribution in [-0.4, -0.2) is 22.4 Å². The molecular formula is C25H29FN2O. The zero-order valence-electron chi connectivity index (χ0n) is 17.3. The Labute approximate surface area is 172 Å². The van der Waals surface area contributed by atoms with Crippen LogP contribution in [0.5, 0.6) is 5.75 Å². The minimum absolute atomic E-state index is 0.353. The minimum Gasteiger partial charge on any atom is -0.504 e. The molecule has 0 fully saturated rings. The molecule has 152 valence electrons. The fourth-order valence-electron chi connectivity index (χ4n) is 3.67. The SMILES string of the molecule is C=C1C(CCc2ccccc2)=C(c2cccc(F)c2O)N=C(CC)N1CCCC. The van der Waals surface area contributed by atoms with Gasteiger partial charge in [-0.15, -0.1) is 0 Å². The largest absolute Gasteiger partial charge is 0.504 e. The maximum Gasteiger partial charge on any atom is 0.165 e. The number of amidine groups is 1. The number of phenolic OH excluding ortho intramolecular Hbond substituents is 1. The number of para-hydroxylation sites is 1. The Hall–Kier alpha value is -2.88. The molecule has 29 heavy (non-hydrogen) atoms. The maximum atomic E-state index is 14.1. The number of halogens is 1. The van der Waals surface area contributed by atoms with Gasteiger partial charge in [-0.1, -0.05) is 63.2 Å². The number of rotatable bonds is 8. The van der Waals surface area contributed by atoms with Crippen LogP contribution in [0.15, 0.2) is 71.4 Å². The van der Waals surface area contributed by atoms with Crippen molar-refractivity contribution in [2.75, 3.05) is 6.54 Å². The van der Waals surface area contributed by atoms with Crippen LogP contribution in [-0.2, 0) is 6.42 Å². The van der Waals surface area contributed by atoms with Gasteiger partial charge in [-0.2, -0.15) is 0 Å². The molecule has 3 rings (SSSR count). The van der Waals surface area contributed by atoms with Crippen molar-refractivity contribution in [1.82, 2.24) is 4.90 Å². The van der Waals surface area contributed by atoms with Crippen molar-refractivity contribution < 1.29 is 9.50 Å². The summed E-state index contributed by atoms with van der Waals surface area (Å²) in [5, 5.41) is 10.4. The van der Waals surface area contributed by atoms with E-state index in [1.165, 1.54) is 11.6 Å². The van der Waals surface area contributed by atoms with E-state index in [4.69, 9.17) is 4.99 Å². The van der Waals surface area contributed by atoms with Gasteiger partial charge < -0.3 is 10.0 Å². The average molecular weight is 393 g/mol. The van der Waals surface area contributed by atoms with Crippen molar-refractivity contribution in [3.63, 3.8) is 0 Å². The van der Waals surface area contributed by atoms with Crippen LogP contribution in [0.25, 0.3) is 5.70 Å². The first-order chi connectivity index (χ1) is 14.1. The van der Waals surface area contributed by atoms with E-state index in [0.717, 1.165) is 55.8 Å². The highest BCUT2D eigenvalue weighted by molar-refractivity contribution is 5.94. The average Bonchev–Trinajstić information content (AvgIpc) is 2.74. The molecular weight excluding hydrogens is 363 g/mol. The van der Waals surface area contributed by atoms with Gasteiger partial charge in [0.25, 0.3) is 0 Å². The van der Waals surface area contributed by atoms with E-state index in [1.807, 2.05) is 18.2 Å². The predicted octanol–water partition coefficient (Wildman–Crippen LogP) is 6.31. The maximum absolute atomic E-state index is 14.1. The predicted molar refractivity (Wildman–Crippen MR) is 118 cm³/mol. The highest BCUT2D eigenvalue weighted by Gasteiger charge is 2.27. The molecule has 2 aromatic carbocycles. The Morgan fingerprint density at radius 3 is 2.48 bits per heavy atom. The molecule has 0 unspecified atom stereocenters. The molecule has 1 aliphatic heterocycles. The molecule has 0 spiro atoms. The Balaban J connectivity index is 2.06. The quantitative estimate of drug-likeness (QED) is 0.571. The van der Waals surface area contributed by atoms with E-state index in [0.29, 0.717) is 11.3 Å². The summed E-state index contributed by atoms with van der Waals surface area (Å²) in [6.07, 6.45) is 4.42. The molecule has 0 amide bonds. The summed E-state index contributed by atoms with van der Waals surface area (Å²) < 4.78 is 14.1. The fourth-order valence-corrected chi connectivity index (χ4v) is 3.67. The normalized spacial score (nSPS) is 14.4. The highest BCUT2D eigenvalue weighted by Crippen LogP contribution is 2.38. The summed E-state index contributed by atoms with van der Waals surface area (Å²) in [4.78, 5) is 7.07. The van der Waals surface area contributed by atoms with Gasteiger partial charge >= 0.3 is 0 Å². The van der Waals surface area contributed by atoms with Gasteiger partial charge in [-0.3, -0.25) is 0 Å². The van der Waals surface area contributed by atoms with E-state index in [2.05, 4.69) is 37.5 Å². The highest BCUT2D eigenvalue weighted by atomic mass is 19.1. The number of unbranched alkanes of at least 4 members (excludes halogenated alkanes) is 1. The zero-order valence-corrected chi connectivity index (χ0v) is 17.3. The number of aryl methyl sites for hydroxylation is 1. The van der Waals surface area contributed by atoms with E-state index >= 15 is 0 Å². The molecule has 4 heteroatoms. The standard InChI is InChI=1S/C25H29FN2O/c1-4-6-17-28-18(3)20(16-15-19-11-8-7-9-12-19)24(27-23(28)5-2)21-13-10-14-22(26)25(21)29/h7-14,29H,3-6,15-17H2,1-2H3. The van der Waals surface area contributed by atoms with Crippen LogP contribution >= 0.6 is 0 Å². The smallest absolute Gasteiger partial charge is 0.165 e. The Morgan fingerprint density at radius 1 is 1.03 bits per heavy atom. The molecule has 0 radical (unpaired) electrons. The molecule has 2 aromatic rings. The monoisotopic (exact) mass is 392 g/mol. The summed E-state index contributed by atoms with van der Waals surface area (Å²) in [7, 11) is 0. The number of hydrogen-bond donors (Lipinski definition) is 1.